The van der Waals surface area contributed by atoms with Crippen molar-refractivity contribution in [1.82, 2.24) is 0 Å². The molecule has 0 fully saturated rings. The van der Waals surface area contributed by atoms with E-state index in [1.54, 1.807) is 0 Å². The van der Waals surface area contributed by atoms with E-state index in [2.05, 4.69) is 186 Å². The molecule has 0 saturated heterocycles. The van der Waals surface area contributed by atoms with Crippen LogP contribution < -0.4 is 45.1 Å². The molecule has 4 heterocycles. The zero-order valence-corrected chi connectivity index (χ0v) is 36.6. The van der Waals surface area contributed by atoms with Gasteiger partial charge in [-0.2, -0.15) is 0 Å². The topological polar surface area (TPSA) is 43.4 Å². The Bertz CT molecular complexity index is 2910. The maximum atomic E-state index is 6.33. The smallest absolute Gasteiger partial charge is 0.252 e. The van der Waals surface area contributed by atoms with Crippen LogP contribution in [0.5, 0.6) is 23.0 Å². The third-order valence-corrected chi connectivity index (χ3v) is 12.9. The molecule has 0 N–H and O–H groups in total. The summed E-state index contributed by atoms with van der Waals surface area (Å²) in [6.45, 7) is 17.8. The molecule has 4 aliphatic heterocycles. The summed E-state index contributed by atoms with van der Waals surface area (Å²) in [5, 5.41) is 0. The van der Waals surface area contributed by atoms with E-state index in [4.69, 9.17) is 18.9 Å². The Hall–Kier alpha value is -6.60. The summed E-state index contributed by atoms with van der Waals surface area (Å²) < 4.78 is 24.8. The maximum Gasteiger partial charge on any atom is 0.252 e. The van der Waals surface area contributed by atoms with E-state index in [9.17, 15) is 0 Å². The molecule has 62 heavy (non-hydrogen) atoms. The average Bonchev–Trinajstić information content (AvgIpc) is 3.27. The first-order valence-electron chi connectivity index (χ1n) is 21.9. The molecule has 7 aromatic carbocycles. The highest BCUT2D eigenvalue weighted by Crippen LogP contribution is 2.49. The first-order chi connectivity index (χ1) is 29.9. The van der Waals surface area contributed by atoms with Crippen molar-refractivity contribution >= 4 is 57.2 Å². The lowest BCUT2D eigenvalue weighted by atomic mass is 9.33. The standard InChI is InChI=1S/C55H51BN2O4/c1-34-27-47-53-48(28-34)58(42-20-22-49-50(31-42)60-24-23-59-49)46-33-52-51(61-25-26-62-52)32-44(46)56(53)43-21-15-38(36-13-18-40(19-14-36)55(5,6)7)30-45(43)57(47)41-10-8-9-37(29-41)35-11-16-39(17-12-35)54(2,3)4/h8-22,27-33H,23-26H2,1-7H3. The van der Waals surface area contributed by atoms with Gasteiger partial charge >= 0.3 is 0 Å². The second-order valence-electron chi connectivity index (χ2n) is 19.2. The Balaban J connectivity index is 1.16. The molecule has 11 rings (SSSR count). The summed E-state index contributed by atoms with van der Waals surface area (Å²) in [5.74, 6) is 3.05. The highest BCUT2D eigenvalue weighted by atomic mass is 16.6. The van der Waals surface area contributed by atoms with Crippen LogP contribution in [0, 0.1) is 6.92 Å². The Labute approximate surface area is 365 Å². The number of hydrogen-bond acceptors (Lipinski definition) is 6. The van der Waals surface area contributed by atoms with E-state index in [0.29, 0.717) is 26.4 Å². The van der Waals surface area contributed by atoms with E-state index in [-0.39, 0.29) is 17.5 Å². The Kier molecular flexibility index (Phi) is 8.80. The molecular weight excluding hydrogens is 763 g/mol. The Morgan fingerprint density at radius 3 is 1.52 bits per heavy atom. The molecule has 0 bridgehead atoms. The molecule has 4 aliphatic rings. The lowest BCUT2D eigenvalue weighted by Crippen LogP contribution is -2.61. The fourth-order valence-electron chi connectivity index (χ4n) is 9.72. The molecule has 7 heteroatoms. The third kappa shape index (κ3) is 6.40. The van der Waals surface area contributed by atoms with Gasteiger partial charge < -0.3 is 28.7 Å². The molecule has 0 atom stereocenters. The normalized spacial score (nSPS) is 14.9. The zero-order chi connectivity index (χ0) is 42.5. The summed E-state index contributed by atoms with van der Waals surface area (Å²) in [7, 11) is 0. The van der Waals surface area contributed by atoms with Gasteiger partial charge in [-0.1, -0.05) is 114 Å². The van der Waals surface area contributed by atoms with E-state index in [1.165, 1.54) is 44.3 Å². The molecular formula is C55H51BN2O4. The molecule has 0 spiro atoms. The minimum absolute atomic E-state index is 0.0681. The van der Waals surface area contributed by atoms with Crippen LogP contribution in [0.1, 0.15) is 58.2 Å². The molecule has 0 amide bonds. The molecule has 0 radical (unpaired) electrons. The second kappa shape index (κ2) is 14.2. The van der Waals surface area contributed by atoms with Crippen molar-refractivity contribution in [3.05, 3.63) is 150 Å². The molecule has 0 unspecified atom stereocenters. The predicted molar refractivity (Wildman–Crippen MR) is 255 cm³/mol. The molecule has 308 valence electrons. The molecule has 0 saturated carbocycles. The molecule has 6 nitrogen and oxygen atoms in total. The Morgan fingerprint density at radius 1 is 0.419 bits per heavy atom. The van der Waals surface area contributed by atoms with Crippen molar-refractivity contribution < 1.29 is 18.9 Å². The largest absolute Gasteiger partial charge is 0.486 e. The molecule has 0 aliphatic carbocycles. The van der Waals surface area contributed by atoms with Crippen molar-refractivity contribution in [3.8, 4) is 45.3 Å². The summed E-state index contributed by atoms with van der Waals surface area (Å²) in [6.07, 6.45) is 0. The van der Waals surface area contributed by atoms with Gasteiger partial charge in [0.1, 0.15) is 26.4 Å². The number of ether oxygens (including phenoxy) is 4. The summed E-state index contributed by atoms with van der Waals surface area (Å²) in [5.41, 5.74) is 18.9. The van der Waals surface area contributed by atoms with Gasteiger partial charge in [-0.05, 0) is 122 Å². The SMILES string of the molecule is Cc1cc2c3c(c1)N(c1ccc4c(c1)OCCO4)c1cc4c(cc1B3c1ccc(-c3ccc(C(C)(C)C)cc3)cc1N2c1cccc(-c2ccc(C(C)(C)C)cc2)c1)OCCO4. The van der Waals surface area contributed by atoms with Crippen LogP contribution in [0.15, 0.2) is 133 Å². The van der Waals surface area contributed by atoms with Gasteiger partial charge in [0, 0.05) is 40.6 Å². The van der Waals surface area contributed by atoms with Crippen molar-refractivity contribution in [2.75, 3.05) is 36.2 Å². The van der Waals surface area contributed by atoms with Crippen LogP contribution in [-0.4, -0.2) is 33.1 Å². The lowest BCUT2D eigenvalue weighted by Gasteiger charge is -2.45. The van der Waals surface area contributed by atoms with Gasteiger partial charge in [0.2, 0.25) is 0 Å². The third-order valence-electron chi connectivity index (χ3n) is 12.9. The van der Waals surface area contributed by atoms with Gasteiger partial charge in [0.25, 0.3) is 6.71 Å². The minimum atomic E-state index is -0.0865. The highest BCUT2D eigenvalue weighted by Gasteiger charge is 2.44. The van der Waals surface area contributed by atoms with Crippen LogP contribution in [-0.2, 0) is 10.8 Å². The van der Waals surface area contributed by atoms with Crippen LogP contribution in [0.2, 0.25) is 0 Å². The second-order valence-corrected chi connectivity index (χ2v) is 19.2. The Morgan fingerprint density at radius 2 is 0.919 bits per heavy atom. The first kappa shape index (κ1) is 38.3. The average molecular weight is 815 g/mol. The van der Waals surface area contributed by atoms with Crippen LogP contribution in [0.3, 0.4) is 0 Å². The summed E-state index contributed by atoms with van der Waals surface area (Å²) in [4.78, 5) is 4.89. The minimum Gasteiger partial charge on any atom is -0.486 e. The van der Waals surface area contributed by atoms with Crippen LogP contribution in [0.25, 0.3) is 22.3 Å². The number of benzene rings is 7. The van der Waals surface area contributed by atoms with Crippen molar-refractivity contribution in [3.63, 3.8) is 0 Å². The van der Waals surface area contributed by atoms with Crippen molar-refractivity contribution in [2.45, 2.75) is 59.3 Å². The van der Waals surface area contributed by atoms with E-state index in [0.717, 1.165) is 68.1 Å². The van der Waals surface area contributed by atoms with E-state index in [1.807, 2.05) is 6.07 Å². The lowest BCUT2D eigenvalue weighted by molar-refractivity contribution is 0.171. The number of hydrogen-bond donors (Lipinski definition) is 0. The number of nitrogens with zero attached hydrogens (tertiary/aromatic N) is 2. The summed E-state index contributed by atoms with van der Waals surface area (Å²) >= 11 is 0. The fourth-order valence-corrected chi connectivity index (χ4v) is 9.72. The van der Waals surface area contributed by atoms with Crippen molar-refractivity contribution in [2.24, 2.45) is 0 Å². The number of anilines is 6. The highest BCUT2D eigenvalue weighted by molar-refractivity contribution is 7.00. The monoisotopic (exact) mass is 814 g/mol. The fraction of sp³-hybridized carbons (Fsp3) is 0.236. The molecule has 0 aromatic heterocycles. The first-order valence-corrected chi connectivity index (χ1v) is 21.9. The number of aryl methyl sites for hydroxylation is 1. The van der Waals surface area contributed by atoms with Gasteiger partial charge in [-0.25, -0.2) is 0 Å². The predicted octanol–water partition coefficient (Wildman–Crippen LogP) is 11.5. The van der Waals surface area contributed by atoms with E-state index >= 15 is 0 Å². The van der Waals surface area contributed by atoms with Gasteiger partial charge in [-0.15, -0.1) is 0 Å². The van der Waals surface area contributed by atoms with Crippen LogP contribution >= 0.6 is 0 Å². The van der Waals surface area contributed by atoms with Gasteiger partial charge in [-0.3, -0.25) is 0 Å². The quantitative estimate of drug-likeness (QED) is 0.165. The number of rotatable bonds is 4. The van der Waals surface area contributed by atoms with Crippen LogP contribution in [0.4, 0.5) is 34.1 Å². The number of fused-ring (bicyclic) bond motifs is 6. The van der Waals surface area contributed by atoms with E-state index < -0.39 is 0 Å². The van der Waals surface area contributed by atoms with Gasteiger partial charge in [0.05, 0.1) is 5.69 Å². The zero-order valence-electron chi connectivity index (χ0n) is 36.6. The maximum absolute atomic E-state index is 6.33. The molecule has 7 aromatic rings. The van der Waals surface area contributed by atoms with Crippen molar-refractivity contribution in [1.29, 1.82) is 0 Å². The summed E-state index contributed by atoms with van der Waals surface area (Å²) in [6, 6.07) is 49.7. The van der Waals surface area contributed by atoms with Gasteiger partial charge in [0.15, 0.2) is 23.0 Å².